The molecule has 1 amide bonds. The number of carbonyl (C=O) groups is 2. The largest absolute Gasteiger partial charge is 0.476 e. The third-order valence-electron chi connectivity index (χ3n) is 2.53. The highest BCUT2D eigenvalue weighted by atomic mass is 35.5. The van der Waals surface area contributed by atoms with E-state index in [2.05, 4.69) is 15.4 Å². The summed E-state index contributed by atoms with van der Waals surface area (Å²) in [4.78, 5) is 26.5. The molecule has 0 aliphatic rings. The molecule has 8 nitrogen and oxygen atoms in total. The van der Waals surface area contributed by atoms with Crippen LogP contribution in [0, 0.1) is 0 Å². The van der Waals surface area contributed by atoms with Crippen LogP contribution in [0.1, 0.15) is 16.2 Å². The Morgan fingerprint density at radius 2 is 2.14 bits per heavy atom. The molecule has 110 valence electrons. The standard InChI is InChI=1S/C12H11ClN4O4/c13-7-1-2-10(14-4-7)15-11(19)5-17-8(6-18)3-9(16-17)12(20)21/h1-4,18H,5-6H2,(H,20,21)(H,14,15,19). The molecule has 2 heterocycles. The monoisotopic (exact) mass is 310 g/mol. The van der Waals surface area contributed by atoms with E-state index in [9.17, 15) is 9.59 Å². The maximum atomic E-state index is 11.8. The van der Waals surface area contributed by atoms with E-state index in [4.69, 9.17) is 21.8 Å². The van der Waals surface area contributed by atoms with E-state index in [1.54, 1.807) is 6.07 Å². The molecule has 0 spiro atoms. The van der Waals surface area contributed by atoms with Crippen LogP contribution in [0.2, 0.25) is 5.02 Å². The molecule has 0 unspecified atom stereocenters. The fraction of sp³-hybridized carbons (Fsp3) is 0.167. The lowest BCUT2D eigenvalue weighted by Gasteiger charge is -2.06. The zero-order valence-corrected chi connectivity index (χ0v) is 11.4. The summed E-state index contributed by atoms with van der Waals surface area (Å²) in [5.41, 5.74) is -0.0110. The van der Waals surface area contributed by atoms with E-state index in [1.165, 1.54) is 18.3 Å². The van der Waals surface area contributed by atoms with Crippen molar-refractivity contribution < 1.29 is 19.8 Å². The lowest BCUT2D eigenvalue weighted by atomic mass is 10.3. The highest BCUT2D eigenvalue weighted by Crippen LogP contribution is 2.10. The van der Waals surface area contributed by atoms with Gasteiger partial charge < -0.3 is 15.5 Å². The van der Waals surface area contributed by atoms with Gasteiger partial charge in [-0.3, -0.25) is 9.48 Å². The van der Waals surface area contributed by atoms with Gasteiger partial charge in [0.05, 0.1) is 17.3 Å². The first-order valence-corrected chi connectivity index (χ1v) is 6.19. The zero-order valence-electron chi connectivity index (χ0n) is 10.7. The van der Waals surface area contributed by atoms with E-state index in [1.807, 2.05) is 0 Å². The van der Waals surface area contributed by atoms with Crippen molar-refractivity contribution in [2.75, 3.05) is 5.32 Å². The lowest BCUT2D eigenvalue weighted by Crippen LogP contribution is -2.21. The number of amides is 1. The number of carbonyl (C=O) groups excluding carboxylic acids is 1. The molecular weight excluding hydrogens is 300 g/mol. The Bertz CT molecular complexity index is 668. The Kier molecular flexibility index (Phi) is 4.51. The number of rotatable bonds is 5. The fourth-order valence-electron chi connectivity index (χ4n) is 1.59. The van der Waals surface area contributed by atoms with Gasteiger partial charge in [0.1, 0.15) is 12.4 Å². The summed E-state index contributed by atoms with van der Waals surface area (Å²) < 4.78 is 1.12. The number of carboxylic acids is 1. The first-order valence-electron chi connectivity index (χ1n) is 5.82. The predicted octanol–water partition coefficient (Wildman–Crippen LogP) is 0.761. The quantitative estimate of drug-likeness (QED) is 0.750. The van der Waals surface area contributed by atoms with Crippen molar-refractivity contribution in [3.63, 3.8) is 0 Å². The summed E-state index contributed by atoms with van der Waals surface area (Å²) in [6.45, 7) is -0.666. The van der Waals surface area contributed by atoms with E-state index < -0.39 is 18.5 Å². The molecule has 0 atom stereocenters. The number of nitrogens with zero attached hydrogens (tertiary/aromatic N) is 3. The third-order valence-corrected chi connectivity index (χ3v) is 2.76. The van der Waals surface area contributed by atoms with Gasteiger partial charge in [0.2, 0.25) is 5.91 Å². The number of aliphatic hydroxyl groups excluding tert-OH is 1. The molecule has 9 heteroatoms. The van der Waals surface area contributed by atoms with Gasteiger partial charge in [0.25, 0.3) is 0 Å². The van der Waals surface area contributed by atoms with Gasteiger partial charge in [0, 0.05) is 6.20 Å². The van der Waals surface area contributed by atoms with E-state index >= 15 is 0 Å². The molecule has 0 saturated heterocycles. The minimum atomic E-state index is -1.23. The average molecular weight is 311 g/mol. The molecular formula is C12H11ClN4O4. The van der Waals surface area contributed by atoms with Gasteiger partial charge in [0.15, 0.2) is 5.69 Å². The molecule has 0 aliphatic carbocycles. The lowest BCUT2D eigenvalue weighted by molar-refractivity contribution is -0.117. The van der Waals surface area contributed by atoms with Gasteiger partial charge in [-0.25, -0.2) is 9.78 Å². The second kappa shape index (κ2) is 6.33. The normalized spacial score (nSPS) is 10.4. The van der Waals surface area contributed by atoms with Crippen LogP contribution in [0.15, 0.2) is 24.4 Å². The molecule has 0 fully saturated rings. The average Bonchev–Trinajstić information content (AvgIpc) is 2.84. The first-order chi connectivity index (χ1) is 9.99. The highest BCUT2D eigenvalue weighted by molar-refractivity contribution is 6.30. The van der Waals surface area contributed by atoms with Crippen LogP contribution in [0.25, 0.3) is 0 Å². The Labute approximate surface area is 124 Å². The van der Waals surface area contributed by atoms with Gasteiger partial charge in [-0.15, -0.1) is 0 Å². The van der Waals surface area contributed by atoms with E-state index in [0.717, 1.165) is 4.68 Å². The fourth-order valence-corrected chi connectivity index (χ4v) is 1.70. The van der Waals surface area contributed by atoms with Crippen LogP contribution in [0.4, 0.5) is 5.82 Å². The number of carboxylic acid groups (broad SMARTS) is 1. The van der Waals surface area contributed by atoms with Crippen molar-refractivity contribution in [2.45, 2.75) is 13.2 Å². The number of halogens is 1. The Hall–Kier alpha value is -2.45. The van der Waals surface area contributed by atoms with E-state index in [0.29, 0.717) is 10.8 Å². The summed E-state index contributed by atoms with van der Waals surface area (Å²) in [6.07, 6.45) is 1.38. The van der Waals surface area contributed by atoms with Gasteiger partial charge in [-0.1, -0.05) is 11.6 Å². The van der Waals surface area contributed by atoms with Crippen LogP contribution in [-0.2, 0) is 17.9 Å². The molecule has 0 aromatic carbocycles. The van der Waals surface area contributed by atoms with Crippen molar-refractivity contribution in [3.05, 3.63) is 40.8 Å². The Morgan fingerprint density at radius 1 is 1.38 bits per heavy atom. The van der Waals surface area contributed by atoms with Crippen LogP contribution in [0.3, 0.4) is 0 Å². The summed E-state index contributed by atoms with van der Waals surface area (Å²) in [5, 5.41) is 24.6. The number of nitrogens with one attached hydrogen (secondary N) is 1. The second-order valence-corrected chi connectivity index (χ2v) is 4.49. The third kappa shape index (κ3) is 3.77. The highest BCUT2D eigenvalue weighted by Gasteiger charge is 2.15. The van der Waals surface area contributed by atoms with Crippen LogP contribution in [-0.4, -0.2) is 36.9 Å². The van der Waals surface area contributed by atoms with Crippen LogP contribution >= 0.6 is 11.6 Å². The molecule has 0 radical (unpaired) electrons. The van der Waals surface area contributed by atoms with Crippen LogP contribution < -0.4 is 5.32 Å². The van der Waals surface area contributed by atoms with Crippen molar-refractivity contribution in [2.24, 2.45) is 0 Å². The number of anilines is 1. The number of hydrogen-bond donors (Lipinski definition) is 3. The van der Waals surface area contributed by atoms with Crippen molar-refractivity contribution in [1.82, 2.24) is 14.8 Å². The summed E-state index contributed by atoms with van der Waals surface area (Å²) in [7, 11) is 0. The first kappa shape index (κ1) is 14.9. The molecule has 2 rings (SSSR count). The maximum absolute atomic E-state index is 11.8. The number of aliphatic hydroxyl groups is 1. The van der Waals surface area contributed by atoms with Crippen molar-refractivity contribution >= 4 is 29.3 Å². The molecule has 21 heavy (non-hydrogen) atoms. The molecule has 0 bridgehead atoms. The van der Waals surface area contributed by atoms with Gasteiger partial charge >= 0.3 is 5.97 Å². The zero-order chi connectivity index (χ0) is 15.4. The minimum Gasteiger partial charge on any atom is -0.476 e. The SMILES string of the molecule is O=C(Cn1nc(C(=O)O)cc1CO)Nc1ccc(Cl)cn1. The number of aromatic carboxylic acids is 1. The molecule has 0 saturated carbocycles. The van der Waals surface area contributed by atoms with Crippen LogP contribution in [0.5, 0.6) is 0 Å². The van der Waals surface area contributed by atoms with Crippen molar-refractivity contribution in [1.29, 1.82) is 0 Å². The molecule has 2 aromatic rings. The Balaban J connectivity index is 2.08. The van der Waals surface area contributed by atoms with Gasteiger partial charge in [-0.2, -0.15) is 5.10 Å². The summed E-state index contributed by atoms with van der Waals surface area (Å²) in [5.74, 6) is -1.39. The topological polar surface area (TPSA) is 117 Å². The molecule has 2 aromatic heterocycles. The predicted molar refractivity (Wildman–Crippen MR) is 73.0 cm³/mol. The number of aromatic nitrogens is 3. The van der Waals surface area contributed by atoms with Gasteiger partial charge in [-0.05, 0) is 18.2 Å². The number of hydrogen-bond acceptors (Lipinski definition) is 5. The maximum Gasteiger partial charge on any atom is 0.356 e. The summed E-state index contributed by atoms with van der Waals surface area (Å²) in [6, 6.07) is 4.30. The number of pyridine rings is 1. The molecule has 0 aliphatic heterocycles. The molecule has 3 N–H and O–H groups in total. The smallest absolute Gasteiger partial charge is 0.356 e. The van der Waals surface area contributed by atoms with E-state index in [-0.39, 0.29) is 17.9 Å². The van der Waals surface area contributed by atoms with Crippen molar-refractivity contribution in [3.8, 4) is 0 Å². The summed E-state index contributed by atoms with van der Waals surface area (Å²) >= 11 is 5.68. The second-order valence-electron chi connectivity index (χ2n) is 4.05. The Morgan fingerprint density at radius 3 is 2.71 bits per heavy atom. The minimum absolute atomic E-state index is 0.228.